The molecule has 0 radical (unpaired) electrons. The van der Waals surface area contributed by atoms with Crippen LogP contribution in [0.15, 0.2) is 36.5 Å². The van der Waals surface area contributed by atoms with Crippen LogP contribution in [0.4, 0.5) is 0 Å². The predicted octanol–water partition coefficient (Wildman–Crippen LogP) is 19.6. The molecular weight excluding hydrogens is 918 g/mol. The van der Waals surface area contributed by atoms with Crippen LogP contribution in [-0.4, -0.2) is 49.3 Å². The van der Waals surface area contributed by atoms with Crippen LogP contribution in [-0.2, 0) is 32.7 Å². The van der Waals surface area contributed by atoms with E-state index in [-0.39, 0.29) is 38.6 Å². The van der Waals surface area contributed by atoms with Gasteiger partial charge in [-0.1, -0.05) is 288 Å². The summed E-state index contributed by atoms with van der Waals surface area (Å²) >= 11 is 0. The summed E-state index contributed by atoms with van der Waals surface area (Å²) in [7, 11) is -4.38. The third kappa shape index (κ3) is 57.5. The second-order valence-corrected chi connectivity index (χ2v) is 22.4. The van der Waals surface area contributed by atoms with Crippen molar-refractivity contribution in [2.45, 2.75) is 322 Å². The molecule has 2 unspecified atom stereocenters. The van der Waals surface area contributed by atoms with Crippen LogP contribution in [0.3, 0.4) is 0 Å². The first-order chi connectivity index (χ1) is 35.3. The number of phosphoric acid groups is 1. The Balaban J connectivity index is 3.86. The lowest BCUT2D eigenvalue weighted by molar-refractivity contribution is -0.161. The zero-order chi connectivity index (χ0) is 52.4. The maximum absolute atomic E-state index is 12.7. The van der Waals surface area contributed by atoms with Gasteiger partial charge < -0.3 is 20.1 Å². The van der Waals surface area contributed by atoms with Crippen molar-refractivity contribution in [3.8, 4) is 0 Å². The maximum Gasteiger partial charge on any atom is 0.472 e. The van der Waals surface area contributed by atoms with Gasteiger partial charge in [0.15, 0.2) is 6.10 Å². The van der Waals surface area contributed by atoms with Gasteiger partial charge in [0.25, 0.3) is 0 Å². The number of unbranched alkanes of at least 4 members (excludes halogenated alkanes) is 40. The first-order valence-corrected chi connectivity index (χ1v) is 32.5. The van der Waals surface area contributed by atoms with E-state index in [1.807, 2.05) is 0 Å². The van der Waals surface area contributed by atoms with E-state index in [9.17, 15) is 19.0 Å². The van der Waals surface area contributed by atoms with Gasteiger partial charge in [-0.3, -0.25) is 18.6 Å². The van der Waals surface area contributed by atoms with E-state index in [1.54, 1.807) is 0 Å². The SMILES string of the molecule is CCCCCCC/C=C\C/C=C\C/C=C\CCCCCCCCCCCCCCCCCCCCC(=O)OC(COC(=O)CCCCCCCCCCCCCCCCCCCC)COP(=O)(O)OCCN. The Morgan fingerprint density at radius 1 is 0.417 bits per heavy atom. The van der Waals surface area contributed by atoms with E-state index in [0.29, 0.717) is 6.42 Å². The molecule has 0 bridgehead atoms. The predicted molar refractivity (Wildman–Crippen MR) is 307 cm³/mol. The van der Waals surface area contributed by atoms with Crippen LogP contribution in [0, 0.1) is 0 Å². The Morgan fingerprint density at radius 2 is 0.722 bits per heavy atom. The lowest BCUT2D eigenvalue weighted by Crippen LogP contribution is -2.29. The van der Waals surface area contributed by atoms with Crippen LogP contribution in [0.1, 0.15) is 316 Å². The quantitative estimate of drug-likeness (QED) is 0.0264. The molecule has 0 saturated carbocycles. The van der Waals surface area contributed by atoms with E-state index in [1.165, 1.54) is 238 Å². The third-order valence-electron chi connectivity index (χ3n) is 13.8. The molecule has 0 aromatic rings. The largest absolute Gasteiger partial charge is 0.472 e. The molecule has 72 heavy (non-hydrogen) atoms. The summed E-state index contributed by atoms with van der Waals surface area (Å²) < 4.78 is 33.1. The number of carbonyl (C=O) groups excluding carboxylic acids is 2. The standard InChI is InChI=1S/C62H118NO8P/c1-3-5-7-9-11-13-15-17-19-21-23-24-25-26-27-28-29-30-31-32-33-34-35-36-37-39-41-43-45-47-49-51-53-55-62(65)71-60(59-70-72(66,67)69-57-56-63)58-68-61(64)54-52-50-48-46-44-42-40-38-22-20-18-16-14-12-10-8-6-4-2/h15,17,21,23,25-26,60H,3-14,16,18-20,22,24,27-59,63H2,1-2H3,(H,66,67)/b17-15-,23-21-,26-25-. The summed E-state index contributed by atoms with van der Waals surface area (Å²) in [5, 5.41) is 0. The number of nitrogens with two attached hydrogens (primary N) is 1. The van der Waals surface area contributed by atoms with Crippen LogP contribution >= 0.6 is 7.82 Å². The molecule has 0 rings (SSSR count). The summed E-state index contributed by atoms with van der Waals surface area (Å²) in [6.07, 6.45) is 70.7. The van der Waals surface area contributed by atoms with Crippen molar-refractivity contribution in [1.82, 2.24) is 0 Å². The average molecular weight is 1040 g/mol. The van der Waals surface area contributed by atoms with Gasteiger partial charge >= 0.3 is 19.8 Å². The molecular formula is C62H118NO8P. The minimum absolute atomic E-state index is 0.0559. The van der Waals surface area contributed by atoms with E-state index in [4.69, 9.17) is 24.3 Å². The van der Waals surface area contributed by atoms with Gasteiger partial charge in [0.2, 0.25) is 0 Å². The molecule has 10 heteroatoms. The van der Waals surface area contributed by atoms with Crippen molar-refractivity contribution >= 4 is 19.8 Å². The molecule has 424 valence electrons. The van der Waals surface area contributed by atoms with Crippen molar-refractivity contribution in [2.75, 3.05) is 26.4 Å². The fourth-order valence-electron chi connectivity index (χ4n) is 9.18. The first-order valence-electron chi connectivity index (χ1n) is 31.0. The van der Waals surface area contributed by atoms with Crippen LogP contribution in [0.5, 0.6) is 0 Å². The highest BCUT2D eigenvalue weighted by Gasteiger charge is 2.26. The molecule has 0 amide bonds. The highest BCUT2D eigenvalue weighted by Crippen LogP contribution is 2.43. The van der Waals surface area contributed by atoms with E-state index in [2.05, 4.69) is 50.3 Å². The second kappa shape index (κ2) is 58.5. The Morgan fingerprint density at radius 3 is 1.07 bits per heavy atom. The number of allylic oxidation sites excluding steroid dienone is 6. The summed E-state index contributed by atoms with van der Waals surface area (Å²) in [6, 6.07) is 0. The molecule has 0 aliphatic rings. The average Bonchev–Trinajstić information content (AvgIpc) is 3.37. The number of rotatable bonds is 59. The molecule has 0 heterocycles. The fraction of sp³-hybridized carbons (Fsp3) is 0.871. The fourth-order valence-corrected chi connectivity index (χ4v) is 9.94. The normalized spacial score (nSPS) is 13.2. The lowest BCUT2D eigenvalue weighted by Gasteiger charge is -2.19. The van der Waals surface area contributed by atoms with Gasteiger partial charge in [-0.05, 0) is 51.4 Å². The number of hydrogen-bond donors (Lipinski definition) is 2. The Kier molecular flexibility index (Phi) is 57.1. The summed E-state index contributed by atoms with van der Waals surface area (Å²) in [5.41, 5.74) is 5.39. The molecule has 0 aromatic heterocycles. The van der Waals surface area contributed by atoms with Crippen molar-refractivity contribution in [3.63, 3.8) is 0 Å². The van der Waals surface area contributed by atoms with Gasteiger partial charge in [-0.25, -0.2) is 4.57 Å². The zero-order valence-corrected chi connectivity index (χ0v) is 48.3. The topological polar surface area (TPSA) is 134 Å². The smallest absolute Gasteiger partial charge is 0.462 e. The molecule has 0 saturated heterocycles. The molecule has 0 fully saturated rings. The highest BCUT2D eigenvalue weighted by atomic mass is 31.2. The lowest BCUT2D eigenvalue weighted by atomic mass is 10.0. The minimum Gasteiger partial charge on any atom is -0.462 e. The summed E-state index contributed by atoms with van der Waals surface area (Å²) in [4.78, 5) is 35.2. The van der Waals surface area contributed by atoms with Crippen molar-refractivity contribution in [3.05, 3.63) is 36.5 Å². The van der Waals surface area contributed by atoms with Gasteiger partial charge in [-0.15, -0.1) is 0 Å². The number of esters is 2. The molecule has 0 aromatic carbocycles. The van der Waals surface area contributed by atoms with Gasteiger partial charge in [0, 0.05) is 19.4 Å². The maximum atomic E-state index is 12.7. The molecule has 0 aliphatic heterocycles. The Bertz CT molecular complexity index is 1270. The third-order valence-corrected chi connectivity index (χ3v) is 14.8. The van der Waals surface area contributed by atoms with Gasteiger partial charge in [-0.2, -0.15) is 0 Å². The number of ether oxygens (including phenoxy) is 2. The zero-order valence-electron chi connectivity index (χ0n) is 47.4. The van der Waals surface area contributed by atoms with Crippen molar-refractivity contribution in [2.24, 2.45) is 5.73 Å². The Labute approximate surface area is 445 Å². The van der Waals surface area contributed by atoms with Crippen molar-refractivity contribution in [1.29, 1.82) is 0 Å². The second-order valence-electron chi connectivity index (χ2n) is 20.9. The number of carbonyl (C=O) groups is 2. The first kappa shape index (κ1) is 70.2. The van der Waals surface area contributed by atoms with E-state index in [0.717, 1.165) is 44.9 Å². The molecule has 9 nitrogen and oxygen atoms in total. The van der Waals surface area contributed by atoms with Crippen LogP contribution in [0.2, 0.25) is 0 Å². The molecule has 0 aliphatic carbocycles. The van der Waals surface area contributed by atoms with E-state index < -0.39 is 26.5 Å². The van der Waals surface area contributed by atoms with Gasteiger partial charge in [0.05, 0.1) is 13.2 Å². The number of hydrogen-bond acceptors (Lipinski definition) is 8. The summed E-state index contributed by atoms with van der Waals surface area (Å²) in [6.45, 7) is 3.79. The number of phosphoric ester groups is 1. The molecule has 2 atom stereocenters. The van der Waals surface area contributed by atoms with E-state index >= 15 is 0 Å². The highest BCUT2D eigenvalue weighted by molar-refractivity contribution is 7.47. The Hall–Kier alpha value is -1.77. The molecule has 0 spiro atoms. The van der Waals surface area contributed by atoms with Gasteiger partial charge in [0.1, 0.15) is 6.61 Å². The monoisotopic (exact) mass is 1040 g/mol. The van der Waals surface area contributed by atoms with Crippen molar-refractivity contribution < 1.29 is 37.6 Å². The minimum atomic E-state index is -4.38. The van der Waals surface area contributed by atoms with Crippen LogP contribution in [0.25, 0.3) is 0 Å². The molecule has 3 N–H and O–H groups in total. The van der Waals surface area contributed by atoms with Crippen LogP contribution < -0.4 is 5.73 Å². The summed E-state index contributed by atoms with van der Waals surface area (Å²) in [5.74, 6) is -0.809.